The van der Waals surface area contributed by atoms with Crippen LogP contribution in [-0.2, 0) is 19.1 Å². The fourth-order valence-electron chi connectivity index (χ4n) is 7.32. The Labute approximate surface area is 165 Å². The van der Waals surface area contributed by atoms with Gasteiger partial charge in [-0.3, -0.25) is 14.4 Å². The lowest BCUT2D eigenvalue weighted by Gasteiger charge is -2.59. The van der Waals surface area contributed by atoms with Gasteiger partial charge in [-0.25, -0.2) is 0 Å². The van der Waals surface area contributed by atoms with Gasteiger partial charge >= 0.3 is 0 Å². The fraction of sp³-hybridized carbons (Fsp3) is 0.773. The van der Waals surface area contributed by atoms with E-state index in [1.54, 1.807) is 13.2 Å². The van der Waals surface area contributed by atoms with Gasteiger partial charge in [-0.2, -0.15) is 0 Å². The number of rotatable bonds is 3. The van der Waals surface area contributed by atoms with Crippen molar-refractivity contribution in [3.63, 3.8) is 0 Å². The van der Waals surface area contributed by atoms with E-state index in [0.717, 1.165) is 18.4 Å². The molecule has 28 heavy (non-hydrogen) atoms. The van der Waals surface area contributed by atoms with Crippen LogP contribution in [0, 0.1) is 28.6 Å². The molecule has 2 N–H and O–H groups in total. The summed E-state index contributed by atoms with van der Waals surface area (Å²) in [5.41, 5.74) is -2.01. The van der Waals surface area contributed by atoms with E-state index in [-0.39, 0.29) is 54.7 Å². The monoisotopic (exact) mass is 390 g/mol. The Morgan fingerprint density at radius 3 is 2.64 bits per heavy atom. The Hall–Kier alpha value is -1.37. The van der Waals surface area contributed by atoms with Crippen molar-refractivity contribution in [3.8, 4) is 0 Å². The average molecular weight is 390 g/mol. The molecule has 154 valence electrons. The minimum absolute atomic E-state index is 0.0317. The van der Waals surface area contributed by atoms with Crippen LogP contribution in [0.4, 0.5) is 0 Å². The Kier molecular flexibility index (Phi) is 4.49. The van der Waals surface area contributed by atoms with Gasteiger partial charge in [0.1, 0.15) is 18.0 Å². The van der Waals surface area contributed by atoms with Gasteiger partial charge in [0.25, 0.3) is 0 Å². The number of aliphatic hydroxyl groups excluding tert-OH is 1. The summed E-state index contributed by atoms with van der Waals surface area (Å²) in [7, 11) is 1.60. The van der Waals surface area contributed by atoms with Crippen molar-refractivity contribution in [1.29, 1.82) is 0 Å². The molecule has 6 nitrogen and oxygen atoms in total. The van der Waals surface area contributed by atoms with Crippen molar-refractivity contribution in [3.05, 3.63) is 11.6 Å². The van der Waals surface area contributed by atoms with Crippen molar-refractivity contribution in [1.82, 2.24) is 0 Å². The van der Waals surface area contributed by atoms with Gasteiger partial charge in [-0.1, -0.05) is 19.4 Å². The molecule has 0 spiro atoms. The van der Waals surface area contributed by atoms with Gasteiger partial charge in [0, 0.05) is 36.7 Å². The number of aliphatic hydroxyl groups is 2. The van der Waals surface area contributed by atoms with E-state index in [1.807, 2.05) is 6.92 Å². The highest BCUT2D eigenvalue weighted by molar-refractivity contribution is 5.95. The molecule has 3 fully saturated rings. The predicted molar refractivity (Wildman–Crippen MR) is 100 cm³/mol. The number of hydrogen-bond donors (Lipinski definition) is 2. The Morgan fingerprint density at radius 1 is 1.29 bits per heavy atom. The van der Waals surface area contributed by atoms with Crippen LogP contribution in [0.25, 0.3) is 0 Å². The zero-order chi connectivity index (χ0) is 20.5. The number of carbonyl (C=O) groups is 3. The molecule has 1 unspecified atom stereocenters. The number of fused-ring (bicyclic) bond motifs is 5. The van der Waals surface area contributed by atoms with Crippen LogP contribution in [0.1, 0.15) is 52.4 Å². The summed E-state index contributed by atoms with van der Waals surface area (Å²) in [6, 6.07) is 0. The van der Waals surface area contributed by atoms with E-state index in [2.05, 4.69) is 6.92 Å². The summed E-state index contributed by atoms with van der Waals surface area (Å²) in [5.74, 6) is -0.683. The second-order valence-corrected chi connectivity index (χ2v) is 9.67. The van der Waals surface area contributed by atoms with Crippen molar-refractivity contribution in [2.24, 2.45) is 28.6 Å². The van der Waals surface area contributed by atoms with Crippen molar-refractivity contribution < 1.29 is 29.3 Å². The minimum atomic E-state index is -1.65. The molecule has 7 atom stereocenters. The van der Waals surface area contributed by atoms with Crippen LogP contribution in [0.2, 0.25) is 0 Å². The molecule has 0 heterocycles. The molecule has 6 heteroatoms. The van der Waals surface area contributed by atoms with Gasteiger partial charge in [0.2, 0.25) is 0 Å². The number of Topliss-reactive ketones (excluding diaryl/α,β-unsaturated/α-hetero) is 2. The number of carbonyl (C=O) groups excluding carboxylic acids is 3. The summed E-state index contributed by atoms with van der Waals surface area (Å²) in [6.45, 7) is 3.19. The first kappa shape index (κ1) is 19.9. The summed E-state index contributed by atoms with van der Waals surface area (Å²) in [5, 5.41) is 20.6. The number of ether oxygens (including phenoxy) is 1. The second-order valence-electron chi connectivity index (χ2n) is 9.67. The van der Waals surface area contributed by atoms with Gasteiger partial charge < -0.3 is 14.9 Å². The van der Waals surface area contributed by atoms with E-state index in [1.165, 1.54) is 0 Å². The van der Waals surface area contributed by atoms with E-state index < -0.39 is 28.8 Å². The van der Waals surface area contributed by atoms with Gasteiger partial charge in [-0.15, -0.1) is 0 Å². The maximum atomic E-state index is 13.5. The fourth-order valence-corrected chi connectivity index (χ4v) is 7.32. The smallest absolute Gasteiger partial charge is 0.190 e. The van der Waals surface area contributed by atoms with E-state index in [9.17, 15) is 24.6 Å². The maximum absolute atomic E-state index is 13.5. The standard InChI is InChI=1S/C22H30O6/c1-20-10-16(25)19-14(15(20)6-7-22(20,27)17(26)11-23)5-4-12-8-13(24)9-18(28-3)21(12,19)2/h8,14-15,18-19,23,27H,4-7,9-11H2,1-3H3/t14-,15+,18?,19-,20-,21+,22+/m0/s1. The molecule has 4 aliphatic carbocycles. The number of methoxy groups -OCH3 is 1. The first-order chi connectivity index (χ1) is 13.1. The zero-order valence-electron chi connectivity index (χ0n) is 16.9. The SMILES string of the molecule is COC1CC(=O)C=C2CC[C@H]3[C@H]4CC[C@@](O)(C(=O)CO)[C@@]4(C)CC(=O)[C@H]3[C@]21C. The van der Waals surface area contributed by atoms with Gasteiger partial charge in [-0.05, 0) is 43.6 Å². The molecular weight excluding hydrogens is 360 g/mol. The van der Waals surface area contributed by atoms with Gasteiger partial charge in [0.15, 0.2) is 11.6 Å². The Bertz CT molecular complexity index is 771. The normalized spacial score (nSPS) is 47.8. The topological polar surface area (TPSA) is 101 Å². The first-order valence-electron chi connectivity index (χ1n) is 10.3. The Morgan fingerprint density at radius 2 is 2.00 bits per heavy atom. The molecule has 3 saturated carbocycles. The van der Waals surface area contributed by atoms with E-state index >= 15 is 0 Å². The Balaban J connectivity index is 1.78. The number of ketones is 3. The molecule has 4 aliphatic rings. The molecule has 0 aromatic rings. The van der Waals surface area contributed by atoms with Crippen molar-refractivity contribution in [2.45, 2.75) is 64.1 Å². The molecule has 0 aromatic carbocycles. The van der Waals surface area contributed by atoms with Crippen molar-refractivity contribution >= 4 is 17.3 Å². The highest BCUT2D eigenvalue weighted by Gasteiger charge is 2.69. The molecule has 0 aliphatic heterocycles. The van der Waals surface area contributed by atoms with E-state index in [4.69, 9.17) is 4.74 Å². The number of hydrogen-bond acceptors (Lipinski definition) is 6. The predicted octanol–water partition coefficient (Wildman–Crippen LogP) is 1.61. The van der Waals surface area contributed by atoms with E-state index in [0.29, 0.717) is 6.42 Å². The average Bonchev–Trinajstić information content (AvgIpc) is 2.92. The maximum Gasteiger partial charge on any atom is 0.190 e. The molecule has 0 saturated heterocycles. The van der Waals surface area contributed by atoms with Crippen LogP contribution < -0.4 is 0 Å². The minimum Gasteiger partial charge on any atom is -0.388 e. The third-order valence-corrected chi connectivity index (χ3v) is 8.78. The first-order valence-corrected chi connectivity index (χ1v) is 10.3. The quantitative estimate of drug-likeness (QED) is 0.759. The third-order valence-electron chi connectivity index (χ3n) is 8.78. The lowest BCUT2D eigenvalue weighted by molar-refractivity contribution is -0.175. The third kappa shape index (κ3) is 2.28. The largest absolute Gasteiger partial charge is 0.388 e. The van der Waals surface area contributed by atoms with Crippen LogP contribution >= 0.6 is 0 Å². The van der Waals surface area contributed by atoms with Crippen molar-refractivity contribution in [2.75, 3.05) is 13.7 Å². The highest BCUT2D eigenvalue weighted by atomic mass is 16.5. The molecular formula is C22H30O6. The summed E-state index contributed by atoms with van der Waals surface area (Å²) in [4.78, 5) is 38.1. The lowest BCUT2D eigenvalue weighted by atomic mass is 9.45. The summed E-state index contributed by atoms with van der Waals surface area (Å²) < 4.78 is 5.71. The molecule has 0 amide bonds. The summed E-state index contributed by atoms with van der Waals surface area (Å²) in [6.07, 6.45) is 4.24. The van der Waals surface area contributed by atoms with Crippen LogP contribution in [0.15, 0.2) is 11.6 Å². The van der Waals surface area contributed by atoms with Crippen LogP contribution in [0.3, 0.4) is 0 Å². The zero-order valence-corrected chi connectivity index (χ0v) is 16.9. The second kappa shape index (κ2) is 6.31. The highest BCUT2D eigenvalue weighted by Crippen LogP contribution is 2.66. The van der Waals surface area contributed by atoms with Crippen LogP contribution in [0.5, 0.6) is 0 Å². The van der Waals surface area contributed by atoms with Crippen LogP contribution in [-0.4, -0.2) is 53.0 Å². The summed E-state index contributed by atoms with van der Waals surface area (Å²) >= 11 is 0. The molecule has 0 bridgehead atoms. The molecule has 4 rings (SSSR count). The molecule has 0 radical (unpaired) electrons. The molecule has 0 aromatic heterocycles. The van der Waals surface area contributed by atoms with Gasteiger partial charge in [0.05, 0.1) is 6.10 Å². The lowest BCUT2D eigenvalue weighted by Crippen LogP contribution is -2.62.